The molecular formula is C46H28N2O. The zero-order chi connectivity index (χ0) is 33.5. The molecule has 3 nitrogen and oxygen atoms in total. The standard InChI is InChI=1S/C46H28N2O/c1-5-47(6-2)43-27-25-31(29-41(43)45-37-21-13-9-17-33(37)34-18-10-14-22-38(34)45)49-32-26-28-44(48(7-3)8-4)42(30-32)46-39-23-15-11-19-35(39)36-20-12-16-24-40(36)46/h1-4,9-30,45-46H. The lowest BCUT2D eigenvalue weighted by Gasteiger charge is -2.23. The van der Waals surface area contributed by atoms with Gasteiger partial charge in [-0.3, -0.25) is 0 Å². The van der Waals surface area contributed by atoms with Crippen molar-refractivity contribution in [3.05, 3.63) is 167 Å². The van der Waals surface area contributed by atoms with Crippen molar-refractivity contribution in [2.75, 3.05) is 9.80 Å². The Labute approximate surface area is 287 Å². The lowest BCUT2D eigenvalue weighted by atomic mass is 9.87. The molecule has 6 aromatic carbocycles. The van der Waals surface area contributed by atoms with E-state index in [4.69, 9.17) is 30.4 Å². The van der Waals surface area contributed by atoms with Gasteiger partial charge >= 0.3 is 0 Å². The molecule has 2 aliphatic carbocycles. The van der Waals surface area contributed by atoms with Crippen LogP contribution in [0.2, 0.25) is 0 Å². The first kappa shape index (κ1) is 29.4. The quantitative estimate of drug-likeness (QED) is 0.135. The maximum absolute atomic E-state index is 6.69. The second-order valence-corrected chi connectivity index (χ2v) is 11.9. The molecule has 6 aromatic rings. The molecule has 0 fully saturated rings. The van der Waals surface area contributed by atoms with Gasteiger partial charge in [0.2, 0.25) is 0 Å². The van der Waals surface area contributed by atoms with Crippen molar-refractivity contribution in [3.63, 3.8) is 0 Å². The van der Waals surface area contributed by atoms with E-state index in [0.717, 1.165) is 22.5 Å². The molecule has 2 aliphatic rings. The van der Waals surface area contributed by atoms with Crippen LogP contribution in [0.3, 0.4) is 0 Å². The number of hydrogen-bond donors (Lipinski definition) is 0. The van der Waals surface area contributed by atoms with Gasteiger partial charge in [-0.25, -0.2) is 9.80 Å². The third-order valence-electron chi connectivity index (χ3n) is 9.52. The maximum Gasteiger partial charge on any atom is 0.127 e. The van der Waals surface area contributed by atoms with E-state index in [1.54, 1.807) is 0 Å². The summed E-state index contributed by atoms with van der Waals surface area (Å²) in [6, 6.07) is 56.2. The Morgan fingerprint density at radius 2 is 0.694 bits per heavy atom. The lowest BCUT2D eigenvalue weighted by molar-refractivity contribution is 0.481. The summed E-state index contributed by atoms with van der Waals surface area (Å²) in [4.78, 5) is 2.97. The Kier molecular flexibility index (Phi) is 7.17. The van der Waals surface area contributed by atoms with E-state index in [1.165, 1.54) is 54.3 Å². The molecule has 3 heteroatoms. The van der Waals surface area contributed by atoms with Crippen LogP contribution in [0.25, 0.3) is 22.3 Å². The summed E-state index contributed by atoms with van der Waals surface area (Å²) in [5.41, 5.74) is 12.9. The van der Waals surface area contributed by atoms with Crippen molar-refractivity contribution < 1.29 is 4.74 Å². The minimum Gasteiger partial charge on any atom is -0.457 e. The van der Waals surface area contributed by atoms with Gasteiger partial charge in [-0.2, -0.15) is 0 Å². The van der Waals surface area contributed by atoms with Crippen LogP contribution in [0, 0.1) is 49.9 Å². The average Bonchev–Trinajstić information content (AvgIpc) is 3.67. The SMILES string of the molecule is C#CN(C#C)c1ccc(Oc2ccc(N(C#C)C#C)c(C3c4ccccc4-c4ccccc43)c2)cc1C1c2ccccc2-c2ccccc21. The summed E-state index contributed by atoms with van der Waals surface area (Å²) in [5.74, 6) is 1.09. The van der Waals surface area contributed by atoms with Crippen molar-refractivity contribution in [1.82, 2.24) is 0 Å². The van der Waals surface area contributed by atoms with Crippen LogP contribution in [0.15, 0.2) is 133 Å². The number of rotatable bonds is 6. The molecular weight excluding hydrogens is 597 g/mol. The highest BCUT2D eigenvalue weighted by atomic mass is 16.5. The van der Waals surface area contributed by atoms with Gasteiger partial charge in [-0.1, -0.05) is 123 Å². The Balaban J connectivity index is 1.27. The number of anilines is 2. The molecule has 0 bridgehead atoms. The molecule has 0 aromatic heterocycles. The molecule has 0 unspecified atom stereocenters. The first-order valence-electron chi connectivity index (χ1n) is 15.9. The van der Waals surface area contributed by atoms with E-state index in [9.17, 15) is 0 Å². The molecule has 0 saturated carbocycles. The van der Waals surface area contributed by atoms with Crippen molar-refractivity contribution in [2.45, 2.75) is 11.8 Å². The molecule has 0 spiro atoms. The topological polar surface area (TPSA) is 15.7 Å². The van der Waals surface area contributed by atoms with E-state index >= 15 is 0 Å². The molecule has 0 saturated heterocycles. The van der Waals surface area contributed by atoms with E-state index in [-0.39, 0.29) is 11.8 Å². The Morgan fingerprint density at radius 3 is 1.00 bits per heavy atom. The zero-order valence-electron chi connectivity index (χ0n) is 26.5. The first-order chi connectivity index (χ1) is 24.1. The first-order valence-corrected chi connectivity index (χ1v) is 15.9. The number of benzene rings is 6. The van der Waals surface area contributed by atoms with Crippen molar-refractivity contribution in [3.8, 4) is 83.6 Å². The summed E-state index contributed by atoms with van der Waals surface area (Å²) in [6.45, 7) is 0. The number of ether oxygens (including phenoxy) is 1. The molecule has 0 heterocycles. The molecule has 0 N–H and O–H groups in total. The number of terminal acetylenes is 4. The normalized spacial score (nSPS) is 12.2. The largest absolute Gasteiger partial charge is 0.457 e. The van der Waals surface area contributed by atoms with Crippen LogP contribution < -0.4 is 14.5 Å². The monoisotopic (exact) mass is 624 g/mol. The van der Waals surface area contributed by atoms with Crippen LogP contribution in [0.4, 0.5) is 11.4 Å². The van der Waals surface area contributed by atoms with Gasteiger partial charge in [-0.05, 0) is 92.0 Å². The second-order valence-electron chi connectivity index (χ2n) is 11.9. The predicted octanol–water partition coefficient (Wildman–Crippen LogP) is 9.78. The number of fused-ring (bicyclic) bond motifs is 6. The summed E-state index contributed by atoms with van der Waals surface area (Å²) in [5, 5.41) is 0. The van der Waals surface area contributed by atoms with Crippen LogP contribution in [0.1, 0.15) is 45.2 Å². The fourth-order valence-corrected chi connectivity index (χ4v) is 7.53. The summed E-state index contributed by atoms with van der Waals surface area (Å²) >= 11 is 0. The van der Waals surface area contributed by atoms with Gasteiger partial charge in [0.05, 0.1) is 11.4 Å². The highest BCUT2D eigenvalue weighted by molar-refractivity contribution is 5.84. The van der Waals surface area contributed by atoms with Crippen LogP contribution in [-0.2, 0) is 0 Å². The van der Waals surface area contributed by atoms with Crippen molar-refractivity contribution in [2.24, 2.45) is 0 Å². The Morgan fingerprint density at radius 1 is 0.388 bits per heavy atom. The third-order valence-corrected chi connectivity index (χ3v) is 9.52. The third kappa shape index (κ3) is 4.70. The molecule has 8 rings (SSSR count). The van der Waals surface area contributed by atoms with Gasteiger partial charge in [0.25, 0.3) is 0 Å². The summed E-state index contributed by atoms with van der Waals surface area (Å²) in [6.07, 6.45) is 23.6. The van der Waals surface area contributed by atoms with Crippen LogP contribution in [-0.4, -0.2) is 0 Å². The van der Waals surface area contributed by atoms with Crippen molar-refractivity contribution in [1.29, 1.82) is 0 Å². The molecule has 0 radical (unpaired) electrons. The maximum atomic E-state index is 6.69. The smallest absolute Gasteiger partial charge is 0.127 e. The number of nitrogens with zero attached hydrogens (tertiary/aromatic N) is 2. The Bertz CT molecular complexity index is 2170. The zero-order valence-corrected chi connectivity index (χ0v) is 26.5. The minimum absolute atomic E-state index is 0.0978. The molecule has 0 amide bonds. The van der Waals surface area contributed by atoms with Crippen LogP contribution >= 0.6 is 0 Å². The van der Waals surface area contributed by atoms with Gasteiger partial charge in [-0.15, -0.1) is 0 Å². The minimum atomic E-state index is -0.0978. The summed E-state index contributed by atoms with van der Waals surface area (Å²) in [7, 11) is 0. The van der Waals surface area contributed by atoms with Gasteiger partial charge < -0.3 is 4.74 Å². The van der Waals surface area contributed by atoms with Gasteiger partial charge in [0, 0.05) is 36.0 Å². The van der Waals surface area contributed by atoms with Gasteiger partial charge in [0.1, 0.15) is 11.5 Å². The highest BCUT2D eigenvalue weighted by Gasteiger charge is 2.34. The fraction of sp³-hybridized carbons (Fsp3) is 0.0435. The van der Waals surface area contributed by atoms with Crippen molar-refractivity contribution >= 4 is 11.4 Å². The molecule has 0 aliphatic heterocycles. The predicted molar refractivity (Wildman–Crippen MR) is 199 cm³/mol. The highest BCUT2D eigenvalue weighted by Crippen LogP contribution is 2.52. The van der Waals surface area contributed by atoms with E-state index in [0.29, 0.717) is 11.5 Å². The van der Waals surface area contributed by atoms with E-state index < -0.39 is 0 Å². The molecule has 49 heavy (non-hydrogen) atoms. The van der Waals surface area contributed by atoms with Crippen LogP contribution in [0.5, 0.6) is 11.5 Å². The van der Waals surface area contributed by atoms with E-state index in [2.05, 4.69) is 121 Å². The molecule has 0 atom stereocenters. The average molecular weight is 625 g/mol. The number of hydrogen-bond acceptors (Lipinski definition) is 3. The fourth-order valence-electron chi connectivity index (χ4n) is 7.53. The molecule has 228 valence electrons. The summed E-state index contributed by atoms with van der Waals surface area (Å²) < 4.78 is 6.69. The van der Waals surface area contributed by atoms with E-state index in [1.807, 2.05) is 36.4 Å². The second kappa shape index (κ2) is 12.0. The lowest BCUT2D eigenvalue weighted by Crippen LogP contribution is -2.13. The Hall–Kier alpha value is -7.04. The van der Waals surface area contributed by atoms with Gasteiger partial charge in [0.15, 0.2) is 0 Å².